The zero-order valence-corrected chi connectivity index (χ0v) is 12.1. The molecule has 0 bridgehead atoms. The van der Waals surface area contributed by atoms with E-state index in [9.17, 15) is 5.11 Å². The van der Waals surface area contributed by atoms with Gasteiger partial charge in [-0.3, -0.25) is 0 Å². The Morgan fingerprint density at radius 1 is 1.32 bits per heavy atom. The Morgan fingerprint density at radius 2 is 2.05 bits per heavy atom. The molecule has 1 aliphatic rings. The van der Waals surface area contributed by atoms with Crippen LogP contribution in [0, 0.1) is 5.92 Å². The summed E-state index contributed by atoms with van der Waals surface area (Å²) in [6.45, 7) is 4.41. The topological polar surface area (TPSA) is 32.7 Å². The molecule has 0 aliphatic heterocycles. The normalized spacial score (nSPS) is 16.2. The predicted octanol–water partition coefficient (Wildman–Crippen LogP) is 3.41. The van der Waals surface area contributed by atoms with E-state index in [0.717, 1.165) is 24.6 Å². The number of ether oxygens (including phenoxy) is 1. The molecule has 106 valence electrons. The molecule has 1 N–H and O–H groups in total. The number of rotatable bonds is 6. The maximum absolute atomic E-state index is 10.2. The van der Waals surface area contributed by atoms with Crippen LogP contribution in [0.25, 0.3) is 0 Å². The smallest absolute Gasteiger partial charge is 0.162 e. The van der Waals surface area contributed by atoms with Crippen molar-refractivity contribution >= 4 is 0 Å². The highest BCUT2D eigenvalue weighted by Crippen LogP contribution is 2.31. The molecular weight excluding hydrogens is 238 g/mol. The molecule has 0 saturated heterocycles. The highest BCUT2D eigenvalue weighted by Gasteiger charge is 2.17. The molecule has 0 unspecified atom stereocenters. The third-order valence-corrected chi connectivity index (χ3v) is 3.87. The molecule has 0 amide bonds. The fourth-order valence-corrected chi connectivity index (χ4v) is 2.96. The van der Waals surface area contributed by atoms with Gasteiger partial charge in [0.2, 0.25) is 0 Å². The quantitative estimate of drug-likeness (QED) is 0.853. The van der Waals surface area contributed by atoms with Crippen LogP contribution in [0.1, 0.15) is 38.2 Å². The molecule has 3 heteroatoms. The molecule has 2 rings (SSSR count). The van der Waals surface area contributed by atoms with Gasteiger partial charge in [-0.15, -0.1) is 0 Å². The maximum atomic E-state index is 10.2. The van der Waals surface area contributed by atoms with Gasteiger partial charge in [-0.2, -0.15) is 0 Å². The number of benzene rings is 1. The summed E-state index contributed by atoms with van der Waals surface area (Å²) in [5, 5.41) is 10.2. The van der Waals surface area contributed by atoms with E-state index in [0.29, 0.717) is 18.1 Å². The van der Waals surface area contributed by atoms with Crippen LogP contribution in [0.3, 0.4) is 0 Å². The lowest BCUT2D eigenvalue weighted by molar-refractivity contribution is 0.264. The zero-order valence-electron chi connectivity index (χ0n) is 12.1. The summed E-state index contributed by atoms with van der Waals surface area (Å²) >= 11 is 0. The predicted molar refractivity (Wildman–Crippen MR) is 77.6 cm³/mol. The lowest BCUT2D eigenvalue weighted by Gasteiger charge is -2.21. The van der Waals surface area contributed by atoms with Gasteiger partial charge in [0.25, 0.3) is 0 Å². The van der Waals surface area contributed by atoms with Crippen molar-refractivity contribution in [3.63, 3.8) is 0 Å². The van der Waals surface area contributed by atoms with Crippen molar-refractivity contribution in [2.45, 2.75) is 39.2 Å². The minimum Gasteiger partial charge on any atom is -0.504 e. The lowest BCUT2D eigenvalue weighted by atomic mass is 10.1. The summed E-state index contributed by atoms with van der Waals surface area (Å²) in [6.07, 6.45) is 5.47. The fourth-order valence-electron chi connectivity index (χ4n) is 2.96. The van der Waals surface area contributed by atoms with E-state index < -0.39 is 0 Å². The van der Waals surface area contributed by atoms with Gasteiger partial charge in [0.15, 0.2) is 11.5 Å². The van der Waals surface area contributed by atoms with Crippen LogP contribution in [-0.2, 0) is 6.54 Å². The third-order valence-electron chi connectivity index (χ3n) is 3.87. The summed E-state index contributed by atoms with van der Waals surface area (Å²) in [4.78, 5) is 2.31. The number of nitrogens with zero attached hydrogens (tertiary/aromatic N) is 1. The van der Waals surface area contributed by atoms with Crippen molar-refractivity contribution in [1.29, 1.82) is 0 Å². The second kappa shape index (κ2) is 6.80. The van der Waals surface area contributed by atoms with E-state index in [2.05, 4.69) is 11.9 Å². The maximum Gasteiger partial charge on any atom is 0.162 e. The van der Waals surface area contributed by atoms with Crippen molar-refractivity contribution in [3.8, 4) is 11.5 Å². The molecular formula is C16H25NO2. The van der Waals surface area contributed by atoms with Gasteiger partial charge in [0.1, 0.15) is 0 Å². The average Bonchev–Trinajstić information content (AvgIpc) is 2.87. The first-order valence-corrected chi connectivity index (χ1v) is 7.33. The van der Waals surface area contributed by atoms with Gasteiger partial charge >= 0.3 is 0 Å². The lowest BCUT2D eigenvalue weighted by Crippen LogP contribution is -2.24. The van der Waals surface area contributed by atoms with Crippen molar-refractivity contribution in [2.24, 2.45) is 5.92 Å². The highest BCUT2D eigenvalue weighted by atomic mass is 16.5. The van der Waals surface area contributed by atoms with Gasteiger partial charge in [-0.1, -0.05) is 25.0 Å². The third kappa shape index (κ3) is 3.87. The Kier molecular flexibility index (Phi) is 5.08. The Labute approximate surface area is 116 Å². The molecule has 1 fully saturated rings. The summed E-state index contributed by atoms with van der Waals surface area (Å²) in [6, 6.07) is 5.74. The van der Waals surface area contributed by atoms with E-state index in [1.165, 1.54) is 25.7 Å². The summed E-state index contributed by atoms with van der Waals surface area (Å²) in [5.74, 6) is 1.72. The number of phenolic OH excluding ortho intramolecular Hbond substituents is 1. The van der Waals surface area contributed by atoms with Crippen LogP contribution >= 0.6 is 0 Å². The second-order valence-corrected chi connectivity index (χ2v) is 5.54. The zero-order chi connectivity index (χ0) is 13.7. The van der Waals surface area contributed by atoms with E-state index in [-0.39, 0.29) is 0 Å². The molecule has 0 heterocycles. The van der Waals surface area contributed by atoms with Crippen molar-refractivity contribution in [3.05, 3.63) is 23.8 Å². The van der Waals surface area contributed by atoms with Gasteiger partial charge in [0.05, 0.1) is 6.61 Å². The first kappa shape index (κ1) is 14.2. The number of aromatic hydroxyl groups is 1. The fraction of sp³-hybridized carbons (Fsp3) is 0.625. The number of phenols is 1. The van der Waals surface area contributed by atoms with Crippen LogP contribution in [0.5, 0.6) is 11.5 Å². The van der Waals surface area contributed by atoms with Crippen molar-refractivity contribution in [2.75, 3.05) is 20.2 Å². The van der Waals surface area contributed by atoms with Gasteiger partial charge in [0, 0.05) is 18.7 Å². The number of hydrogen-bond donors (Lipinski definition) is 1. The largest absolute Gasteiger partial charge is 0.504 e. The standard InChI is InChI=1S/C16H25NO2/c1-3-19-15-10-6-9-14(16(15)18)12-17(2)11-13-7-4-5-8-13/h6,9-10,13,18H,3-5,7-8,11-12H2,1-2H3. The minimum atomic E-state index is 0.294. The average molecular weight is 263 g/mol. The first-order chi connectivity index (χ1) is 9.20. The van der Waals surface area contributed by atoms with Gasteiger partial charge in [-0.25, -0.2) is 0 Å². The highest BCUT2D eigenvalue weighted by molar-refractivity contribution is 5.45. The van der Waals surface area contributed by atoms with E-state index in [1.54, 1.807) is 0 Å². The molecule has 1 aromatic carbocycles. The minimum absolute atomic E-state index is 0.294. The molecule has 0 atom stereocenters. The van der Waals surface area contributed by atoms with Gasteiger partial charge in [-0.05, 0) is 38.8 Å². The SMILES string of the molecule is CCOc1cccc(CN(C)CC2CCCC2)c1O. The van der Waals surface area contributed by atoms with Crippen molar-refractivity contribution < 1.29 is 9.84 Å². The molecule has 19 heavy (non-hydrogen) atoms. The Balaban J connectivity index is 1.95. The van der Waals surface area contributed by atoms with Crippen LogP contribution in [-0.4, -0.2) is 30.2 Å². The summed E-state index contributed by atoms with van der Waals surface area (Å²) in [7, 11) is 2.13. The Morgan fingerprint density at radius 3 is 2.74 bits per heavy atom. The number of para-hydroxylation sites is 1. The molecule has 1 saturated carbocycles. The van der Waals surface area contributed by atoms with E-state index in [4.69, 9.17) is 4.74 Å². The summed E-state index contributed by atoms with van der Waals surface area (Å²) < 4.78 is 5.42. The van der Waals surface area contributed by atoms with Crippen LogP contribution in [0.4, 0.5) is 0 Å². The molecule has 3 nitrogen and oxygen atoms in total. The monoisotopic (exact) mass is 263 g/mol. The molecule has 1 aliphatic carbocycles. The second-order valence-electron chi connectivity index (χ2n) is 5.54. The van der Waals surface area contributed by atoms with Crippen molar-refractivity contribution in [1.82, 2.24) is 4.90 Å². The molecule has 0 spiro atoms. The molecule has 0 radical (unpaired) electrons. The van der Waals surface area contributed by atoms with Gasteiger partial charge < -0.3 is 14.7 Å². The van der Waals surface area contributed by atoms with Crippen LogP contribution in [0.2, 0.25) is 0 Å². The Hall–Kier alpha value is -1.22. The number of hydrogen-bond acceptors (Lipinski definition) is 3. The first-order valence-electron chi connectivity index (χ1n) is 7.33. The summed E-state index contributed by atoms with van der Waals surface area (Å²) in [5.41, 5.74) is 0.950. The Bertz CT molecular complexity index is 400. The van der Waals surface area contributed by atoms with E-state index in [1.807, 2.05) is 25.1 Å². The van der Waals surface area contributed by atoms with E-state index >= 15 is 0 Å². The van der Waals surface area contributed by atoms with Crippen LogP contribution in [0.15, 0.2) is 18.2 Å². The molecule has 1 aromatic rings. The molecule has 0 aromatic heterocycles. The van der Waals surface area contributed by atoms with Crippen LogP contribution < -0.4 is 4.74 Å².